The molecule has 0 aliphatic carbocycles. The lowest BCUT2D eigenvalue weighted by Gasteiger charge is -2.26. The minimum atomic E-state index is -0.416. The molecule has 1 N–H and O–H groups in total. The second-order valence-electron chi connectivity index (χ2n) is 8.17. The topological polar surface area (TPSA) is 67.6 Å². The van der Waals surface area contributed by atoms with Gasteiger partial charge in [-0.2, -0.15) is 0 Å². The van der Waals surface area contributed by atoms with Crippen LogP contribution in [0.25, 0.3) is 11.3 Å². The fourth-order valence-corrected chi connectivity index (χ4v) is 4.94. The van der Waals surface area contributed by atoms with Crippen LogP contribution in [-0.2, 0) is 4.74 Å². The molecule has 5 rings (SSSR count). The molecule has 2 unspecified atom stereocenters. The summed E-state index contributed by atoms with van der Waals surface area (Å²) in [7, 11) is 1.37. The Morgan fingerprint density at radius 1 is 1.11 bits per heavy atom. The Hall–Kier alpha value is -3.49. The van der Waals surface area contributed by atoms with E-state index in [-0.39, 0.29) is 12.1 Å². The Balaban J connectivity index is 1.62. The van der Waals surface area contributed by atoms with Crippen molar-refractivity contribution in [3.05, 3.63) is 106 Å². The maximum absolute atomic E-state index is 12.3. The van der Waals surface area contributed by atoms with E-state index in [9.17, 15) is 4.79 Å². The second-order valence-corrected chi connectivity index (χ2v) is 9.41. The zero-order valence-electron chi connectivity index (χ0n) is 19.1. The first kappa shape index (κ1) is 23.3. The fraction of sp³-hybridized carbons (Fsp3) is 0.148. The quantitative estimate of drug-likeness (QED) is 0.230. The van der Waals surface area contributed by atoms with Crippen molar-refractivity contribution in [2.75, 3.05) is 12.0 Å². The fourth-order valence-electron chi connectivity index (χ4n) is 4.34. The SMILES string of the molecule is COC(=O)c1ccccc1-c1ccc(C2C(c3ccccn3)NC(=S)N2c2ccc(Br)c(C)c2)o1. The number of anilines is 1. The van der Waals surface area contributed by atoms with Crippen molar-refractivity contribution in [3.63, 3.8) is 0 Å². The first-order valence-corrected chi connectivity index (χ1v) is 12.2. The molecule has 4 aromatic rings. The van der Waals surface area contributed by atoms with E-state index in [1.807, 2.05) is 61.5 Å². The number of ether oxygens (including phenoxy) is 1. The van der Waals surface area contributed by atoms with E-state index in [1.165, 1.54) is 7.11 Å². The Labute approximate surface area is 217 Å². The number of halogens is 1. The number of thiocarbonyl (C=S) groups is 1. The number of methoxy groups -OCH3 is 1. The van der Waals surface area contributed by atoms with E-state index < -0.39 is 5.97 Å². The highest BCUT2D eigenvalue weighted by Crippen LogP contribution is 2.43. The summed E-state index contributed by atoms with van der Waals surface area (Å²) in [6.45, 7) is 2.04. The number of hydrogen-bond donors (Lipinski definition) is 1. The van der Waals surface area contributed by atoms with Gasteiger partial charge in [0.25, 0.3) is 0 Å². The van der Waals surface area contributed by atoms with E-state index in [2.05, 4.69) is 37.2 Å². The standard InChI is InChI=1S/C27H22BrN3O3S/c1-16-15-17(10-11-20(16)28)31-25(24(30-27(31)35)21-9-5-6-14-29-21)23-13-12-22(34-23)18-7-3-4-8-19(18)26(32)33-2/h3-15,24-25H,1-2H3,(H,30,35). The lowest BCUT2D eigenvalue weighted by atomic mass is 10.0. The van der Waals surface area contributed by atoms with E-state index in [1.54, 1.807) is 18.3 Å². The molecule has 2 atom stereocenters. The molecule has 35 heavy (non-hydrogen) atoms. The third kappa shape index (κ3) is 4.35. The molecule has 2 aromatic heterocycles. The molecular formula is C27H22BrN3O3S. The van der Waals surface area contributed by atoms with Crippen molar-refractivity contribution >= 4 is 44.9 Å². The summed E-state index contributed by atoms with van der Waals surface area (Å²) in [6, 6.07) is 22.4. The molecule has 1 aliphatic rings. The van der Waals surface area contributed by atoms with Gasteiger partial charge in [-0.1, -0.05) is 40.2 Å². The van der Waals surface area contributed by atoms with Gasteiger partial charge >= 0.3 is 5.97 Å². The Morgan fingerprint density at radius 3 is 2.66 bits per heavy atom. The summed E-state index contributed by atoms with van der Waals surface area (Å²) in [6.07, 6.45) is 1.77. The maximum Gasteiger partial charge on any atom is 0.338 e. The number of nitrogens with one attached hydrogen (secondary N) is 1. The summed E-state index contributed by atoms with van der Waals surface area (Å²) >= 11 is 9.38. The van der Waals surface area contributed by atoms with Crippen LogP contribution in [0.2, 0.25) is 0 Å². The third-order valence-electron chi connectivity index (χ3n) is 6.03. The molecule has 3 heterocycles. The molecule has 0 amide bonds. The largest absolute Gasteiger partial charge is 0.465 e. The summed E-state index contributed by atoms with van der Waals surface area (Å²) in [5, 5.41) is 4.02. The molecule has 8 heteroatoms. The monoisotopic (exact) mass is 547 g/mol. The van der Waals surface area contributed by atoms with Gasteiger partial charge in [0, 0.05) is 21.9 Å². The van der Waals surface area contributed by atoms with Gasteiger partial charge in [0.1, 0.15) is 17.6 Å². The maximum atomic E-state index is 12.3. The van der Waals surface area contributed by atoms with Crippen LogP contribution in [0.3, 0.4) is 0 Å². The molecule has 1 aliphatic heterocycles. The smallest absolute Gasteiger partial charge is 0.338 e. The van der Waals surface area contributed by atoms with E-state index in [4.69, 9.17) is 21.4 Å². The average Bonchev–Trinajstić information content (AvgIpc) is 3.50. The van der Waals surface area contributed by atoms with Gasteiger partial charge < -0.3 is 19.4 Å². The number of aryl methyl sites for hydroxylation is 1. The molecule has 0 spiro atoms. The van der Waals surface area contributed by atoms with Crippen LogP contribution in [0.15, 0.2) is 87.9 Å². The molecule has 2 aromatic carbocycles. The lowest BCUT2D eigenvalue weighted by molar-refractivity contribution is 0.0601. The summed E-state index contributed by atoms with van der Waals surface area (Å²) in [5.74, 6) is 0.856. The number of furan rings is 1. The molecule has 1 saturated heterocycles. The van der Waals surface area contributed by atoms with Crippen molar-refractivity contribution in [1.29, 1.82) is 0 Å². The number of pyridine rings is 1. The average molecular weight is 548 g/mol. The first-order valence-electron chi connectivity index (χ1n) is 11.0. The van der Waals surface area contributed by atoms with E-state index in [0.29, 0.717) is 27.8 Å². The number of benzene rings is 2. The number of hydrogen-bond acceptors (Lipinski definition) is 5. The highest BCUT2D eigenvalue weighted by Gasteiger charge is 2.42. The summed E-state index contributed by atoms with van der Waals surface area (Å²) in [5.41, 5.74) is 4.00. The van der Waals surface area contributed by atoms with Crippen LogP contribution in [-0.4, -0.2) is 23.2 Å². The minimum absolute atomic E-state index is 0.234. The Kier molecular flexibility index (Phi) is 6.40. The van der Waals surface area contributed by atoms with Gasteiger partial charge in [-0.05, 0) is 73.2 Å². The Bertz CT molecular complexity index is 1410. The Morgan fingerprint density at radius 2 is 1.91 bits per heavy atom. The van der Waals surface area contributed by atoms with Gasteiger partial charge in [0.15, 0.2) is 5.11 Å². The number of rotatable bonds is 5. The number of nitrogens with zero attached hydrogens (tertiary/aromatic N) is 2. The second kappa shape index (κ2) is 9.64. The molecule has 0 radical (unpaired) electrons. The summed E-state index contributed by atoms with van der Waals surface area (Å²) in [4.78, 5) is 19.0. The number of aromatic nitrogens is 1. The highest BCUT2D eigenvalue weighted by molar-refractivity contribution is 9.10. The van der Waals surface area contributed by atoms with Gasteiger partial charge in [-0.15, -0.1) is 0 Å². The van der Waals surface area contributed by atoms with Crippen LogP contribution in [0.4, 0.5) is 5.69 Å². The van der Waals surface area contributed by atoms with Crippen LogP contribution < -0.4 is 10.2 Å². The number of carbonyl (C=O) groups excluding carboxylic acids is 1. The van der Waals surface area contributed by atoms with Crippen molar-refractivity contribution < 1.29 is 13.9 Å². The molecule has 1 fully saturated rings. The van der Waals surface area contributed by atoms with Crippen LogP contribution >= 0.6 is 28.1 Å². The van der Waals surface area contributed by atoms with Gasteiger partial charge in [-0.25, -0.2) is 4.79 Å². The van der Waals surface area contributed by atoms with Gasteiger partial charge in [0.2, 0.25) is 0 Å². The highest BCUT2D eigenvalue weighted by atomic mass is 79.9. The minimum Gasteiger partial charge on any atom is -0.465 e. The van der Waals surface area contributed by atoms with E-state index >= 15 is 0 Å². The van der Waals surface area contributed by atoms with Crippen LogP contribution in [0.5, 0.6) is 0 Å². The molecule has 176 valence electrons. The van der Waals surface area contributed by atoms with Crippen molar-refractivity contribution in [3.8, 4) is 11.3 Å². The predicted octanol–water partition coefficient (Wildman–Crippen LogP) is 6.38. The molecular weight excluding hydrogens is 526 g/mol. The molecule has 0 saturated carbocycles. The predicted molar refractivity (Wildman–Crippen MR) is 142 cm³/mol. The molecule has 6 nitrogen and oxygen atoms in total. The van der Waals surface area contributed by atoms with Crippen LogP contribution in [0.1, 0.15) is 39.5 Å². The molecule has 0 bridgehead atoms. The van der Waals surface area contributed by atoms with E-state index in [0.717, 1.165) is 21.4 Å². The van der Waals surface area contributed by atoms with Crippen molar-refractivity contribution in [2.45, 2.75) is 19.0 Å². The van der Waals surface area contributed by atoms with Gasteiger partial charge in [-0.3, -0.25) is 4.98 Å². The summed E-state index contributed by atoms with van der Waals surface area (Å²) < 4.78 is 12.4. The van der Waals surface area contributed by atoms with Crippen molar-refractivity contribution in [1.82, 2.24) is 10.3 Å². The zero-order valence-corrected chi connectivity index (χ0v) is 21.5. The first-order chi connectivity index (χ1) is 17.0. The van der Waals surface area contributed by atoms with Crippen LogP contribution in [0, 0.1) is 6.92 Å². The number of carbonyl (C=O) groups is 1. The normalized spacial score (nSPS) is 17.3. The van der Waals surface area contributed by atoms with Crippen molar-refractivity contribution in [2.24, 2.45) is 0 Å². The van der Waals surface area contributed by atoms with Gasteiger partial charge in [0.05, 0.1) is 24.4 Å². The lowest BCUT2D eigenvalue weighted by Crippen LogP contribution is -2.29. The zero-order chi connectivity index (χ0) is 24.5. The third-order valence-corrected chi connectivity index (χ3v) is 7.24. The number of esters is 1.